The maximum Gasteiger partial charge on any atom is 0.106 e. The first-order valence-corrected chi connectivity index (χ1v) is 7.47. The highest BCUT2D eigenvalue weighted by Gasteiger charge is 2.29. The Morgan fingerprint density at radius 2 is 2.11 bits per heavy atom. The summed E-state index contributed by atoms with van der Waals surface area (Å²) in [4.78, 5) is 2.58. The van der Waals surface area contributed by atoms with E-state index in [1.807, 2.05) is 0 Å². The molecule has 3 unspecified atom stereocenters. The summed E-state index contributed by atoms with van der Waals surface area (Å²) in [7, 11) is 0. The van der Waals surface area contributed by atoms with Crippen molar-refractivity contribution < 1.29 is 0 Å². The molecule has 0 aromatic carbocycles. The van der Waals surface area contributed by atoms with Crippen LogP contribution in [0.5, 0.6) is 0 Å². The van der Waals surface area contributed by atoms with Gasteiger partial charge in [-0.3, -0.25) is 5.32 Å². The summed E-state index contributed by atoms with van der Waals surface area (Å²) in [5.74, 6) is 0.834. The zero-order valence-electron chi connectivity index (χ0n) is 12.5. The molecular weight excluding hydrogens is 222 g/mol. The van der Waals surface area contributed by atoms with Gasteiger partial charge < -0.3 is 4.90 Å². The molecule has 0 spiro atoms. The number of hydrogen-bond donors (Lipinski definition) is 1. The van der Waals surface area contributed by atoms with Crippen LogP contribution in [0.25, 0.3) is 0 Å². The minimum atomic E-state index is -0.302. The van der Waals surface area contributed by atoms with Gasteiger partial charge in [-0.05, 0) is 51.6 Å². The third-order valence-corrected chi connectivity index (χ3v) is 4.29. The summed E-state index contributed by atoms with van der Waals surface area (Å²) < 4.78 is 0. The van der Waals surface area contributed by atoms with Crippen molar-refractivity contribution in [3.63, 3.8) is 0 Å². The molecule has 1 N–H and O–H groups in total. The van der Waals surface area contributed by atoms with Crippen LogP contribution in [0.3, 0.4) is 0 Å². The van der Waals surface area contributed by atoms with Crippen LogP contribution in [0.1, 0.15) is 53.4 Å². The van der Waals surface area contributed by atoms with Crippen LogP contribution >= 0.6 is 0 Å². The van der Waals surface area contributed by atoms with Crippen LogP contribution < -0.4 is 5.32 Å². The Kier molecular flexibility index (Phi) is 6.11. The number of nitrogens with zero attached hydrogens (tertiary/aromatic N) is 2. The summed E-state index contributed by atoms with van der Waals surface area (Å²) in [6.07, 6.45) is 4.30. The van der Waals surface area contributed by atoms with Gasteiger partial charge in [0.25, 0.3) is 0 Å². The fourth-order valence-corrected chi connectivity index (χ4v) is 3.18. The number of nitrogens with one attached hydrogen (secondary N) is 1. The van der Waals surface area contributed by atoms with E-state index in [1.165, 1.54) is 13.0 Å². The highest BCUT2D eigenvalue weighted by molar-refractivity contribution is 5.06. The molecule has 104 valence electrons. The van der Waals surface area contributed by atoms with Gasteiger partial charge in [0.2, 0.25) is 0 Å². The molecule has 0 amide bonds. The fraction of sp³-hybridized carbons (Fsp3) is 0.933. The maximum absolute atomic E-state index is 9.37. The maximum atomic E-state index is 9.37. The Balaban J connectivity index is 2.38. The topological polar surface area (TPSA) is 39.1 Å². The van der Waals surface area contributed by atoms with Gasteiger partial charge in [0, 0.05) is 12.6 Å². The average Bonchev–Trinajstić information content (AvgIpc) is 2.67. The van der Waals surface area contributed by atoms with Crippen molar-refractivity contribution >= 4 is 0 Å². The van der Waals surface area contributed by atoms with Crippen LogP contribution in [0.15, 0.2) is 0 Å². The predicted molar refractivity (Wildman–Crippen MR) is 76.4 cm³/mol. The minimum Gasteiger partial charge on any atom is -0.300 e. The van der Waals surface area contributed by atoms with Gasteiger partial charge in [0.15, 0.2) is 0 Å². The Morgan fingerprint density at radius 1 is 1.39 bits per heavy atom. The lowest BCUT2D eigenvalue weighted by Gasteiger charge is -2.28. The molecule has 0 aliphatic carbocycles. The van der Waals surface area contributed by atoms with E-state index < -0.39 is 0 Å². The molecule has 18 heavy (non-hydrogen) atoms. The van der Waals surface area contributed by atoms with E-state index in [0.717, 1.165) is 44.3 Å². The number of nitriles is 1. The highest BCUT2D eigenvalue weighted by Crippen LogP contribution is 2.24. The number of hydrogen-bond acceptors (Lipinski definition) is 3. The van der Waals surface area contributed by atoms with Crippen molar-refractivity contribution in [2.45, 2.75) is 65.0 Å². The second kappa shape index (κ2) is 7.11. The first-order valence-electron chi connectivity index (χ1n) is 7.47. The van der Waals surface area contributed by atoms with Crippen molar-refractivity contribution in [2.75, 3.05) is 19.6 Å². The smallest absolute Gasteiger partial charge is 0.106 e. The first kappa shape index (κ1) is 15.5. The molecule has 1 aliphatic rings. The minimum absolute atomic E-state index is 0.302. The average molecular weight is 251 g/mol. The predicted octanol–water partition coefficient (Wildman–Crippen LogP) is 2.78. The molecule has 0 aromatic rings. The van der Waals surface area contributed by atoms with Crippen molar-refractivity contribution in [1.29, 1.82) is 5.26 Å². The van der Waals surface area contributed by atoms with E-state index >= 15 is 0 Å². The monoisotopic (exact) mass is 251 g/mol. The van der Waals surface area contributed by atoms with E-state index in [-0.39, 0.29) is 5.54 Å². The molecular formula is C15H29N3. The second-order valence-electron chi connectivity index (χ2n) is 5.87. The summed E-state index contributed by atoms with van der Waals surface area (Å²) in [5.41, 5.74) is -0.302. The number of rotatable bonds is 7. The third kappa shape index (κ3) is 3.96. The zero-order valence-corrected chi connectivity index (χ0v) is 12.5. The lowest BCUT2D eigenvalue weighted by Crippen LogP contribution is -2.44. The van der Waals surface area contributed by atoms with Gasteiger partial charge in [-0.2, -0.15) is 5.26 Å². The van der Waals surface area contributed by atoms with Gasteiger partial charge in [-0.1, -0.05) is 20.8 Å². The van der Waals surface area contributed by atoms with Crippen LogP contribution in [0.4, 0.5) is 0 Å². The number of likely N-dealkylation sites (tertiary alicyclic amines) is 1. The van der Waals surface area contributed by atoms with Crippen LogP contribution in [0, 0.1) is 17.2 Å². The summed E-state index contributed by atoms with van der Waals surface area (Å²) >= 11 is 0. The standard InChI is InChI=1S/C15H29N3/c1-5-15(12-16,17-6-2)8-7-9-18-11-13(3)10-14(18)4/h13-14,17H,5-11H2,1-4H3. The molecule has 3 heteroatoms. The van der Waals surface area contributed by atoms with E-state index in [0.29, 0.717) is 0 Å². The van der Waals surface area contributed by atoms with Gasteiger partial charge >= 0.3 is 0 Å². The quantitative estimate of drug-likeness (QED) is 0.756. The Labute approximate surface area is 113 Å². The molecule has 0 radical (unpaired) electrons. The third-order valence-electron chi connectivity index (χ3n) is 4.29. The summed E-state index contributed by atoms with van der Waals surface area (Å²) in [5, 5.41) is 12.7. The summed E-state index contributed by atoms with van der Waals surface area (Å²) in [6.45, 7) is 12.1. The molecule has 0 saturated carbocycles. The van der Waals surface area contributed by atoms with Crippen LogP contribution in [-0.2, 0) is 0 Å². The Bertz CT molecular complexity index is 284. The first-order chi connectivity index (χ1) is 8.56. The molecule has 1 rings (SSSR count). The molecule has 3 atom stereocenters. The fourth-order valence-electron chi connectivity index (χ4n) is 3.18. The highest BCUT2D eigenvalue weighted by atomic mass is 15.2. The molecule has 0 aromatic heterocycles. The zero-order chi connectivity index (χ0) is 13.6. The van der Waals surface area contributed by atoms with Gasteiger partial charge in [0.1, 0.15) is 5.54 Å². The van der Waals surface area contributed by atoms with Crippen LogP contribution in [0.2, 0.25) is 0 Å². The normalized spacial score (nSPS) is 27.9. The lowest BCUT2D eigenvalue weighted by molar-refractivity contribution is 0.245. The van der Waals surface area contributed by atoms with Crippen molar-refractivity contribution in [2.24, 2.45) is 5.92 Å². The molecule has 1 aliphatic heterocycles. The van der Waals surface area contributed by atoms with Crippen LogP contribution in [-0.4, -0.2) is 36.1 Å². The van der Waals surface area contributed by atoms with E-state index in [9.17, 15) is 5.26 Å². The molecule has 1 saturated heterocycles. The van der Waals surface area contributed by atoms with Crippen molar-refractivity contribution in [3.05, 3.63) is 0 Å². The molecule has 3 nitrogen and oxygen atoms in total. The molecule has 0 bridgehead atoms. The Hall–Kier alpha value is -0.590. The molecule has 1 fully saturated rings. The molecule has 1 heterocycles. The second-order valence-corrected chi connectivity index (χ2v) is 5.87. The van der Waals surface area contributed by atoms with Gasteiger partial charge in [-0.25, -0.2) is 0 Å². The lowest BCUT2D eigenvalue weighted by atomic mass is 9.92. The van der Waals surface area contributed by atoms with E-state index in [2.05, 4.69) is 44.0 Å². The van der Waals surface area contributed by atoms with Gasteiger partial charge in [0.05, 0.1) is 6.07 Å². The SMILES string of the molecule is CCNC(C#N)(CC)CCCN1CC(C)CC1C. The van der Waals surface area contributed by atoms with Crippen molar-refractivity contribution in [3.8, 4) is 6.07 Å². The van der Waals surface area contributed by atoms with Gasteiger partial charge in [-0.15, -0.1) is 0 Å². The van der Waals surface area contributed by atoms with E-state index in [4.69, 9.17) is 0 Å². The van der Waals surface area contributed by atoms with E-state index in [1.54, 1.807) is 0 Å². The Morgan fingerprint density at radius 3 is 2.56 bits per heavy atom. The largest absolute Gasteiger partial charge is 0.300 e. The summed E-state index contributed by atoms with van der Waals surface area (Å²) in [6, 6.07) is 3.20. The van der Waals surface area contributed by atoms with Crippen molar-refractivity contribution in [1.82, 2.24) is 10.2 Å².